The van der Waals surface area contributed by atoms with Crippen LogP contribution in [0.3, 0.4) is 0 Å². The first-order valence-electron chi connectivity index (χ1n) is 9.51. The van der Waals surface area contributed by atoms with E-state index in [2.05, 4.69) is 19.2 Å². The van der Waals surface area contributed by atoms with Crippen LogP contribution in [-0.4, -0.2) is 43.5 Å². The van der Waals surface area contributed by atoms with E-state index >= 15 is 0 Å². The summed E-state index contributed by atoms with van der Waals surface area (Å²) in [6.45, 7) is 9.95. The van der Waals surface area contributed by atoms with Gasteiger partial charge in [-0.2, -0.15) is 0 Å². The third-order valence-electron chi connectivity index (χ3n) is 4.80. The van der Waals surface area contributed by atoms with Gasteiger partial charge in [0.15, 0.2) is 0 Å². The van der Waals surface area contributed by atoms with E-state index in [0.29, 0.717) is 37.9 Å². The number of amides is 2. The summed E-state index contributed by atoms with van der Waals surface area (Å²) in [5.41, 5.74) is 1.05. The lowest BCUT2D eigenvalue weighted by atomic mass is 9.88. The summed E-state index contributed by atoms with van der Waals surface area (Å²) in [7, 11) is 1.64. The first kappa shape index (κ1) is 20.3. The zero-order chi connectivity index (χ0) is 19.3. The van der Waals surface area contributed by atoms with E-state index in [1.54, 1.807) is 7.11 Å². The van der Waals surface area contributed by atoms with Crippen LogP contribution < -0.4 is 10.1 Å². The standard InChI is InChI=1S/C21H32N2O3/c1-14(2)9-20(24)23-12-18(16-7-6-8-17(10-16)26-5)19(13-23)21(25)22-11-15(3)4/h6-8,10,14-15,18-19H,9,11-13H2,1-5H3,(H,22,25). The van der Waals surface area contributed by atoms with E-state index in [9.17, 15) is 9.59 Å². The molecule has 1 aromatic carbocycles. The van der Waals surface area contributed by atoms with Crippen LogP contribution in [-0.2, 0) is 9.59 Å². The highest BCUT2D eigenvalue weighted by Crippen LogP contribution is 2.35. The predicted octanol–water partition coefficient (Wildman–Crippen LogP) is 3.06. The van der Waals surface area contributed by atoms with Crippen molar-refractivity contribution >= 4 is 11.8 Å². The Balaban J connectivity index is 2.21. The summed E-state index contributed by atoms with van der Waals surface area (Å²) in [6, 6.07) is 7.83. The van der Waals surface area contributed by atoms with E-state index in [1.165, 1.54) is 0 Å². The minimum Gasteiger partial charge on any atom is -0.497 e. The molecule has 0 aliphatic carbocycles. The fourth-order valence-electron chi connectivity index (χ4n) is 3.40. The van der Waals surface area contributed by atoms with Crippen molar-refractivity contribution in [1.29, 1.82) is 0 Å². The third-order valence-corrected chi connectivity index (χ3v) is 4.80. The van der Waals surface area contributed by atoms with Gasteiger partial charge in [0.2, 0.25) is 11.8 Å². The number of benzene rings is 1. The maximum absolute atomic E-state index is 12.8. The quantitative estimate of drug-likeness (QED) is 0.813. The minimum absolute atomic E-state index is 0.00613. The molecular weight excluding hydrogens is 328 g/mol. The molecule has 1 aliphatic rings. The van der Waals surface area contributed by atoms with Gasteiger partial charge in [-0.15, -0.1) is 0 Å². The Morgan fingerprint density at radius 2 is 1.92 bits per heavy atom. The highest BCUT2D eigenvalue weighted by atomic mass is 16.5. The van der Waals surface area contributed by atoms with Crippen molar-refractivity contribution in [1.82, 2.24) is 10.2 Å². The van der Waals surface area contributed by atoms with Crippen LogP contribution in [0.4, 0.5) is 0 Å². The van der Waals surface area contributed by atoms with Crippen molar-refractivity contribution in [2.24, 2.45) is 17.8 Å². The number of hydrogen-bond donors (Lipinski definition) is 1. The number of nitrogens with zero attached hydrogens (tertiary/aromatic N) is 1. The second kappa shape index (κ2) is 9.06. The molecule has 26 heavy (non-hydrogen) atoms. The maximum atomic E-state index is 12.8. The van der Waals surface area contributed by atoms with E-state index in [0.717, 1.165) is 11.3 Å². The lowest BCUT2D eigenvalue weighted by Gasteiger charge is -2.19. The molecule has 1 saturated heterocycles. The lowest BCUT2D eigenvalue weighted by Crippen LogP contribution is -2.37. The summed E-state index contributed by atoms with van der Waals surface area (Å²) >= 11 is 0. The topological polar surface area (TPSA) is 58.6 Å². The van der Waals surface area contributed by atoms with Crippen molar-refractivity contribution in [3.8, 4) is 5.75 Å². The van der Waals surface area contributed by atoms with Gasteiger partial charge in [0.05, 0.1) is 13.0 Å². The van der Waals surface area contributed by atoms with E-state index in [1.807, 2.05) is 43.0 Å². The number of carbonyl (C=O) groups is 2. The number of hydrogen-bond acceptors (Lipinski definition) is 3. The van der Waals surface area contributed by atoms with E-state index in [4.69, 9.17) is 4.74 Å². The van der Waals surface area contributed by atoms with Gasteiger partial charge in [0.1, 0.15) is 5.75 Å². The van der Waals surface area contributed by atoms with Crippen LogP contribution in [0.2, 0.25) is 0 Å². The Morgan fingerprint density at radius 1 is 1.19 bits per heavy atom. The van der Waals surface area contributed by atoms with Crippen molar-refractivity contribution < 1.29 is 14.3 Å². The second-order valence-corrected chi connectivity index (χ2v) is 8.03. The van der Waals surface area contributed by atoms with Gasteiger partial charge < -0.3 is 15.0 Å². The molecule has 2 amide bonds. The zero-order valence-electron chi connectivity index (χ0n) is 16.6. The van der Waals surface area contributed by atoms with Crippen LogP contribution in [0.25, 0.3) is 0 Å². The van der Waals surface area contributed by atoms with Crippen molar-refractivity contribution in [3.63, 3.8) is 0 Å². The molecule has 0 saturated carbocycles. The average molecular weight is 360 g/mol. The van der Waals surface area contributed by atoms with E-state index in [-0.39, 0.29) is 23.7 Å². The molecule has 0 aromatic heterocycles. The number of carbonyl (C=O) groups excluding carboxylic acids is 2. The van der Waals surface area contributed by atoms with Crippen LogP contribution in [0.15, 0.2) is 24.3 Å². The molecule has 2 rings (SSSR count). The number of nitrogens with one attached hydrogen (secondary N) is 1. The van der Waals surface area contributed by atoms with Crippen molar-refractivity contribution in [2.45, 2.75) is 40.0 Å². The molecule has 1 heterocycles. The number of likely N-dealkylation sites (tertiary alicyclic amines) is 1. The lowest BCUT2D eigenvalue weighted by molar-refractivity contribution is -0.131. The van der Waals surface area contributed by atoms with Crippen molar-refractivity contribution in [3.05, 3.63) is 29.8 Å². The van der Waals surface area contributed by atoms with Gasteiger partial charge >= 0.3 is 0 Å². The molecule has 2 unspecified atom stereocenters. The SMILES string of the molecule is COc1cccc(C2CN(C(=O)CC(C)C)CC2C(=O)NCC(C)C)c1. The first-order chi connectivity index (χ1) is 12.3. The molecule has 0 bridgehead atoms. The fraction of sp³-hybridized carbons (Fsp3) is 0.619. The molecule has 1 aromatic rings. The first-order valence-corrected chi connectivity index (χ1v) is 9.51. The summed E-state index contributed by atoms with van der Waals surface area (Å²) in [4.78, 5) is 27.2. The smallest absolute Gasteiger partial charge is 0.225 e. The van der Waals surface area contributed by atoms with Gasteiger partial charge in [0.25, 0.3) is 0 Å². The maximum Gasteiger partial charge on any atom is 0.225 e. The van der Waals surface area contributed by atoms with Crippen molar-refractivity contribution in [2.75, 3.05) is 26.7 Å². The Bertz CT molecular complexity index is 627. The minimum atomic E-state index is -0.225. The molecule has 1 N–H and O–H groups in total. The Morgan fingerprint density at radius 3 is 2.54 bits per heavy atom. The average Bonchev–Trinajstić information content (AvgIpc) is 3.04. The normalized spacial score (nSPS) is 19.9. The van der Waals surface area contributed by atoms with Gasteiger partial charge in [-0.05, 0) is 29.5 Å². The Kier molecular flexibility index (Phi) is 7.06. The molecule has 144 valence electrons. The molecule has 1 aliphatic heterocycles. The fourth-order valence-corrected chi connectivity index (χ4v) is 3.40. The molecular formula is C21H32N2O3. The predicted molar refractivity (Wildman–Crippen MR) is 103 cm³/mol. The summed E-state index contributed by atoms with van der Waals surface area (Å²) < 4.78 is 5.33. The molecule has 0 radical (unpaired) electrons. The number of rotatable bonds is 7. The number of methoxy groups -OCH3 is 1. The second-order valence-electron chi connectivity index (χ2n) is 8.03. The highest BCUT2D eigenvalue weighted by Gasteiger charge is 2.40. The van der Waals surface area contributed by atoms with Crippen LogP contribution in [0.1, 0.15) is 45.6 Å². The van der Waals surface area contributed by atoms with Crippen LogP contribution in [0.5, 0.6) is 5.75 Å². The number of ether oxygens (including phenoxy) is 1. The molecule has 0 spiro atoms. The Hall–Kier alpha value is -2.04. The molecule has 5 heteroatoms. The monoisotopic (exact) mass is 360 g/mol. The molecule has 5 nitrogen and oxygen atoms in total. The summed E-state index contributed by atoms with van der Waals surface area (Å²) in [5.74, 6) is 1.42. The Labute approximate surface area is 157 Å². The van der Waals surface area contributed by atoms with Crippen LogP contribution >= 0.6 is 0 Å². The molecule has 2 atom stereocenters. The summed E-state index contributed by atoms with van der Waals surface area (Å²) in [6.07, 6.45) is 0.519. The zero-order valence-corrected chi connectivity index (χ0v) is 16.6. The molecule has 1 fully saturated rings. The highest BCUT2D eigenvalue weighted by molar-refractivity contribution is 5.83. The van der Waals surface area contributed by atoms with Gasteiger partial charge in [-0.1, -0.05) is 39.8 Å². The van der Waals surface area contributed by atoms with Crippen LogP contribution in [0, 0.1) is 17.8 Å². The van der Waals surface area contributed by atoms with E-state index < -0.39 is 0 Å². The largest absolute Gasteiger partial charge is 0.497 e. The van der Waals surface area contributed by atoms with Gasteiger partial charge in [-0.3, -0.25) is 9.59 Å². The van der Waals surface area contributed by atoms with Gasteiger partial charge in [-0.25, -0.2) is 0 Å². The third kappa shape index (κ3) is 5.23. The van der Waals surface area contributed by atoms with Gasteiger partial charge in [0, 0.05) is 32.0 Å². The summed E-state index contributed by atoms with van der Waals surface area (Å²) in [5, 5.41) is 3.04.